The zero-order chi connectivity index (χ0) is 19.5. The number of hydrogen-bond acceptors (Lipinski definition) is 3. The Bertz CT molecular complexity index is 944. The lowest BCUT2D eigenvalue weighted by atomic mass is 9.89. The number of hydrogen-bond donors (Lipinski definition) is 2. The average Bonchev–Trinajstić information content (AvgIpc) is 3.08. The van der Waals surface area contributed by atoms with Crippen LogP contribution in [-0.4, -0.2) is 50.2 Å². The van der Waals surface area contributed by atoms with Crippen LogP contribution in [0.4, 0.5) is 0 Å². The maximum absolute atomic E-state index is 6.81. The Morgan fingerprint density at radius 1 is 1.18 bits per heavy atom. The number of benzene rings is 2. The van der Waals surface area contributed by atoms with Gasteiger partial charge in [0.1, 0.15) is 5.75 Å². The second kappa shape index (κ2) is 8.56. The van der Waals surface area contributed by atoms with Gasteiger partial charge in [-0.15, -0.1) is 0 Å². The van der Waals surface area contributed by atoms with Gasteiger partial charge in [-0.1, -0.05) is 29.8 Å². The summed E-state index contributed by atoms with van der Waals surface area (Å²) in [5.41, 5.74) is 4.38. The standard InChI is InChI=1S/C23H28ClN3O/c1-25-11-14-27-12-9-16(10-13-27)17-7-8-20-19(15-17)22(24)23(26-20)18-5-3-4-6-21(18)28-2/h3-8,15-16,25-26H,9-14H2,1-2H3. The van der Waals surface area contributed by atoms with Crippen molar-refractivity contribution in [1.82, 2.24) is 15.2 Å². The number of aromatic amines is 1. The Labute approximate surface area is 171 Å². The molecule has 0 radical (unpaired) electrons. The maximum Gasteiger partial charge on any atom is 0.128 e. The monoisotopic (exact) mass is 397 g/mol. The highest BCUT2D eigenvalue weighted by Gasteiger charge is 2.22. The third-order valence-electron chi connectivity index (χ3n) is 5.87. The highest BCUT2D eigenvalue weighted by Crippen LogP contribution is 2.40. The van der Waals surface area contributed by atoms with Gasteiger partial charge >= 0.3 is 0 Å². The van der Waals surface area contributed by atoms with Gasteiger partial charge in [0, 0.05) is 29.6 Å². The Hall–Kier alpha value is -2.01. The van der Waals surface area contributed by atoms with E-state index in [4.69, 9.17) is 16.3 Å². The van der Waals surface area contributed by atoms with Gasteiger partial charge in [0.25, 0.3) is 0 Å². The number of fused-ring (bicyclic) bond motifs is 1. The summed E-state index contributed by atoms with van der Waals surface area (Å²) in [6.45, 7) is 4.52. The van der Waals surface area contributed by atoms with Gasteiger partial charge in [0.2, 0.25) is 0 Å². The predicted octanol–water partition coefficient (Wildman–Crippen LogP) is 4.90. The number of piperidine rings is 1. The van der Waals surface area contributed by atoms with E-state index in [9.17, 15) is 0 Å². The van der Waals surface area contributed by atoms with Crippen LogP contribution >= 0.6 is 11.6 Å². The topological polar surface area (TPSA) is 40.3 Å². The van der Waals surface area contributed by atoms with E-state index in [0.29, 0.717) is 5.92 Å². The Balaban J connectivity index is 1.59. The van der Waals surface area contributed by atoms with Crippen molar-refractivity contribution in [1.29, 1.82) is 0 Å². The number of aromatic nitrogens is 1. The zero-order valence-electron chi connectivity index (χ0n) is 16.6. The van der Waals surface area contributed by atoms with Gasteiger partial charge in [0.05, 0.1) is 17.8 Å². The Morgan fingerprint density at radius 2 is 1.96 bits per heavy atom. The van der Waals surface area contributed by atoms with Crippen LogP contribution in [0.3, 0.4) is 0 Å². The molecule has 1 aromatic heterocycles. The normalized spacial score (nSPS) is 16.0. The van der Waals surface area contributed by atoms with Gasteiger partial charge in [-0.2, -0.15) is 0 Å². The number of likely N-dealkylation sites (N-methyl/N-ethyl adjacent to an activating group) is 1. The first-order valence-corrected chi connectivity index (χ1v) is 10.4. The van der Waals surface area contributed by atoms with Gasteiger partial charge in [-0.3, -0.25) is 0 Å². The van der Waals surface area contributed by atoms with Crippen LogP contribution < -0.4 is 10.1 Å². The lowest BCUT2D eigenvalue weighted by Gasteiger charge is -2.32. The minimum atomic E-state index is 0.607. The van der Waals surface area contributed by atoms with Gasteiger partial charge in [-0.05, 0) is 68.7 Å². The molecule has 2 N–H and O–H groups in total. The molecule has 1 fully saturated rings. The first-order chi connectivity index (χ1) is 13.7. The van der Waals surface area contributed by atoms with Crippen molar-refractivity contribution in [3.8, 4) is 17.0 Å². The van der Waals surface area contributed by atoms with Crippen LogP contribution in [0.1, 0.15) is 24.3 Å². The number of halogens is 1. The molecule has 0 spiro atoms. The van der Waals surface area contributed by atoms with Crippen LogP contribution in [0.2, 0.25) is 5.02 Å². The molecule has 2 aromatic carbocycles. The van der Waals surface area contributed by atoms with E-state index in [1.165, 1.54) is 18.4 Å². The van der Waals surface area contributed by atoms with E-state index in [1.807, 2.05) is 31.3 Å². The molecule has 4 nitrogen and oxygen atoms in total. The van der Waals surface area contributed by atoms with Crippen molar-refractivity contribution < 1.29 is 4.74 Å². The highest BCUT2D eigenvalue weighted by molar-refractivity contribution is 6.38. The second-order valence-corrected chi connectivity index (χ2v) is 7.92. The minimum Gasteiger partial charge on any atom is -0.496 e. The largest absolute Gasteiger partial charge is 0.496 e. The maximum atomic E-state index is 6.81. The van der Waals surface area contributed by atoms with Crippen molar-refractivity contribution in [2.75, 3.05) is 40.3 Å². The number of nitrogens with one attached hydrogen (secondary N) is 2. The molecule has 0 bridgehead atoms. The average molecular weight is 398 g/mol. The SMILES string of the molecule is CNCCN1CCC(c2ccc3[nH]c(-c4ccccc4OC)c(Cl)c3c2)CC1. The number of methoxy groups -OCH3 is 1. The van der Waals surface area contributed by atoms with E-state index >= 15 is 0 Å². The summed E-state index contributed by atoms with van der Waals surface area (Å²) in [7, 11) is 3.71. The number of H-pyrrole nitrogens is 1. The van der Waals surface area contributed by atoms with E-state index in [1.54, 1.807) is 7.11 Å². The quantitative estimate of drug-likeness (QED) is 0.621. The molecule has 0 aliphatic carbocycles. The highest BCUT2D eigenvalue weighted by atomic mass is 35.5. The molecule has 2 heterocycles. The van der Waals surface area contributed by atoms with E-state index in [-0.39, 0.29) is 0 Å². The van der Waals surface area contributed by atoms with Crippen molar-refractivity contribution >= 4 is 22.5 Å². The molecule has 0 amide bonds. The van der Waals surface area contributed by atoms with Crippen LogP contribution in [0, 0.1) is 0 Å². The van der Waals surface area contributed by atoms with E-state index in [2.05, 4.69) is 33.4 Å². The molecule has 1 aliphatic rings. The lowest BCUT2D eigenvalue weighted by Crippen LogP contribution is -2.37. The first-order valence-electron chi connectivity index (χ1n) is 10.0. The summed E-state index contributed by atoms with van der Waals surface area (Å²) in [6, 6.07) is 14.7. The smallest absolute Gasteiger partial charge is 0.128 e. The summed E-state index contributed by atoms with van der Waals surface area (Å²) >= 11 is 6.81. The van der Waals surface area contributed by atoms with Gasteiger partial charge < -0.3 is 19.9 Å². The molecule has 4 rings (SSSR count). The van der Waals surface area contributed by atoms with Crippen LogP contribution in [-0.2, 0) is 0 Å². The van der Waals surface area contributed by atoms with E-state index in [0.717, 1.165) is 59.1 Å². The zero-order valence-corrected chi connectivity index (χ0v) is 17.4. The van der Waals surface area contributed by atoms with Crippen LogP contribution in [0.25, 0.3) is 22.2 Å². The van der Waals surface area contributed by atoms with Crippen LogP contribution in [0.5, 0.6) is 5.75 Å². The third-order valence-corrected chi connectivity index (χ3v) is 6.27. The van der Waals surface area contributed by atoms with Crippen LogP contribution in [0.15, 0.2) is 42.5 Å². The van der Waals surface area contributed by atoms with Crippen molar-refractivity contribution in [3.05, 3.63) is 53.1 Å². The summed E-state index contributed by atoms with van der Waals surface area (Å²) < 4.78 is 5.52. The van der Waals surface area contributed by atoms with Gasteiger partial charge in [-0.25, -0.2) is 0 Å². The lowest BCUT2D eigenvalue weighted by molar-refractivity contribution is 0.214. The predicted molar refractivity (Wildman–Crippen MR) is 118 cm³/mol. The fourth-order valence-electron chi connectivity index (χ4n) is 4.23. The Kier molecular flexibility index (Phi) is 5.90. The minimum absolute atomic E-state index is 0.607. The molecule has 148 valence electrons. The van der Waals surface area contributed by atoms with Gasteiger partial charge in [0.15, 0.2) is 0 Å². The summed E-state index contributed by atoms with van der Waals surface area (Å²) in [5, 5.41) is 5.11. The molecule has 0 saturated carbocycles. The third kappa shape index (κ3) is 3.77. The molecule has 1 aliphatic heterocycles. The molecule has 0 unspecified atom stereocenters. The molecule has 0 atom stereocenters. The molecular weight excluding hydrogens is 370 g/mol. The molecule has 1 saturated heterocycles. The second-order valence-electron chi connectivity index (χ2n) is 7.54. The Morgan fingerprint density at radius 3 is 2.71 bits per heavy atom. The molecule has 28 heavy (non-hydrogen) atoms. The molecular formula is C23H28ClN3O. The number of rotatable bonds is 6. The number of nitrogens with zero attached hydrogens (tertiary/aromatic N) is 1. The summed E-state index contributed by atoms with van der Waals surface area (Å²) in [5.74, 6) is 1.43. The number of likely N-dealkylation sites (tertiary alicyclic amines) is 1. The fourth-order valence-corrected chi connectivity index (χ4v) is 4.53. The fraction of sp³-hybridized carbons (Fsp3) is 0.391. The van der Waals surface area contributed by atoms with Crippen molar-refractivity contribution in [2.24, 2.45) is 0 Å². The van der Waals surface area contributed by atoms with Crippen molar-refractivity contribution in [2.45, 2.75) is 18.8 Å². The summed E-state index contributed by atoms with van der Waals surface area (Å²) in [6.07, 6.45) is 2.41. The summed E-state index contributed by atoms with van der Waals surface area (Å²) in [4.78, 5) is 6.04. The van der Waals surface area contributed by atoms with E-state index < -0.39 is 0 Å². The number of ether oxygens (including phenoxy) is 1. The molecule has 3 aromatic rings. The van der Waals surface area contributed by atoms with Crippen molar-refractivity contribution in [3.63, 3.8) is 0 Å². The molecule has 5 heteroatoms. The first kappa shape index (κ1) is 19.3. The number of para-hydroxylation sites is 1.